The predicted octanol–water partition coefficient (Wildman–Crippen LogP) is 2.82. The van der Waals surface area contributed by atoms with Gasteiger partial charge in [-0.25, -0.2) is 0 Å². The maximum absolute atomic E-state index is 9.98. The van der Waals surface area contributed by atoms with Crippen LogP contribution in [0.25, 0.3) is 0 Å². The van der Waals surface area contributed by atoms with Crippen molar-refractivity contribution in [2.45, 2.75) is 33.8 Å². The van der Waals surface area contributed by atoms with Crippen LogP contribution in [0.5, 0.6) is 5.75 Å². The van der Waals surface area contributed by atoms with Crippen molar-refractivity contribution in [3.63, 3.8) is 0 Å². The lowest BCUT2D eigenvalue weighted by molar-refractivity contribution is 0.0745. The van der Waals surface area contributed by atoms with E-state index in [2.05, 4.69) is 5.32 Å². The Labute approximate surface area is 104 Å². The molecule has 1 rings (SSSR count). The third-order valence-electron chi connectivity index (χ3n) is 2.84. The highest BCUT2D eigenvalue weighted by Gasteiger charge is 2.21. The van der Waals surface area contributed by atoms with Crippen LogP contribution >= 0.6 is 0 Å². The third kappa shape index (κ3) is 3.93. The number of aliphatic hydroxyl groups excluding tert-OH is 1. The smallest absolute Gasteiger partial charge is 0.141 e. The number of aliphatic hydroxyl groups is 1. The van der Waals surface area contributed by atoms with Gasteiger partial charge >= 0.3 is 0 Å². The van der Waals surface area contributed by atoms with Gasteiger partial charge in [0, 0.05) is 6.54 Å². The Morgan fingerprint density at radius 2 is 2.00 bits per heavy atom. The number of hydrogen-bond donors (Lipinski definition) is 2. The SMILES string of the molecule is COc1ccc(C)cc1NCC(O)C(C)(C)C. The number of rotatable bonds is 4. The highest BCUT2D eigenvalue weighted by atomic mass is 16.5. The van der Waals surface area contributed by atoms with E-state index in [1.807, 2.05) is 45.9 Å². The van der Waals surface area contributed by atoms with Crippen LogP contribution in [-0.4, -0.2) is 24.9 Å². The fourth-order valence-electron chi connectivity index (χ4n) is 1.47. The standard InChI is InChI=1S/C14H23NO2/c1-10-6-7-12(17-5)11(8-10)15-9-13(16)14(2,3)4/h6-8,13,15-16H,9H2,1-5H3. The van der Waals surface area contributed by atoms with Gasteiger partial charge in [-0.2, -0.15) is 0 Å². The Kier molecular flexibility index (Phi) is 4.40. The van der Waals surface area contributed by atoms with Gasteiger partial charge in [-0.3, -0.25) is 0 Å². The molecule has 3 nitrogen and oxygen atoms in total. The first kappa shape index (κ1) is 13.8. The van der Waals surface area contributed by atoms with Gasteiger partial charge in [-0.05, 0) is 30.0 Å². The number of anilines is 1. The second-order valence-corrected chi connectivity index (χ2v) is 5.47. The molecule has 0 aromatic heterocycles. The molecule has 3 heteroatoms. The number of methoxy groups -OCH3 is 1. The van der Waals surface area contributed by atoms with Crippen molar-refractivity contribution in [2.75, 3.05) is 19.0 Å². The zero-order chi connectivity index (χ0) is 13.1. The van der Waals surface area contributed by atoms with E-state index in [4.69, 9.17) is 4.74 Å². The van der Waals surface area contributed by atoms with Crippen LogP contribution in [-0.2, 0) is 0 Å². The molecule has 96 valence electrons. The Morgan fingerprint density at radius 1 is 1.35 bits per heavy atom. The maximum Gasteiger partial charge on any atom is 0.141 e. The molecular formula is C14H23NO2. The van der Waals surface area contributed by atoms with Gasteiger partial charge in [-0.15, -0.1) is 0 Å². The van der Waals surface area contributed by atoms with Crippen LogP contribution in [0.4, 0.5) is 5.69 Å². The minimum Gasteiger partial charge on any atom is -0.495 e. The Morgan fingerprint density at radius 3 is 2.53 bits per heavy atom. The van der Waals surface area contributed by atoms with Crippen molar-refractivity contribution < 1.29 is 9.84 Å². The Bertz CT molecular complexity index is 369. The second-order valence-electron chi connectivity index (χ2n) is 5.47. The Hall–Kier alpha value is -1.22. The normalized spacial score (nSPS) is 13.3. The van der Waals surface area contributed by atoms with Crippen molar-refractivity contribution in [1.82, 2.24) is 0 Å². The molecule has 1 aromatic rings. The van der Waals surface area contributed by atoms with Crippen LogP contribution in [0.3, 0.4) is 0 Å². The number of aryl methyl sites for hydroxylation is 1. The fourth-order valence-corrected chi connectivity index (χ4v) is 1.47. The van der Waals surface area contributed by atoms with E-state index in [0.29, 0.717) is 6.54 Å². The van der Waals surface area contributed by atoms with E-state index in [9.17, 15) is 5.11 Å². The van der Waals surface area contributed by atoms with Crippen molar-refractivity contribution in [2.24, 2.45) is 5.41 Å². The molecule has 1 aromatic carbocycles. The molecule has 1 atom stereocenters. The first-order valence-electron chi connectivity index (χ1n) is 5.91. The topological polar surface area (TPSA) is 41.5 Å². The number of benzene rings is 1. The van der Waals surface area contributed by atoms with Crippen LogP contribution < -0.4 is 10.1 Å². The molecule has 0 aliphatic rings. The van der Waals surface area contributed by atoms with Crippen molar-refractivity contribution in [3.05, 3.63) is 23.8 Å². The molecule has 0 radical (unpaired) electrons. The zero-order valence-electron chi connectivity index (χ0n) is 11.4. The van der Waals surface area contributed by atoms with Gasteiger partial charge in [0.15, 0.2) is 0 Å². The van der Waals surface area contributed by atoms with Crippen molar-refractivity contribution >= 4 is 5.69 Å². The van der Waals surface area contributed by atoms with E-state index in [-0.39, 0.29) is 5.41 Å². The lowest BCUT2D eigenvalue weighted by Gasteiger charge is -2.26. The molecule has 0 heterocycles. The van der Waals surface area contributed by atoms with Gasteiger partial charge in [0.05, 0.1) is 18.9 Å². The summed E-state index contributed by atoms with van der Waals surface area (Å²) in [5.41, 5.74) is 1.97. The van der Waals surface area contributed by atoms with Gasteiger partial charge in [0.25, 0.3) is 0 Å². The van der Waals surface area contributed by atoms with Crippen molar-refractivity contribution in [1.29, 1.82) is 0 Å². The molecule has 17 heavy (non-hydrogen) atoms. The highest BCUT2D eigenvalue weighted by Crippen LogP contribution is 2.26. The monoisotopic (exact) mass is 237 g/mol. The predicted molar refractivity (Wildman–Crippen MR) is 71.7 cm³/mol. The molecule has 0 aliphatic carbocycles. The maximum atomic E-state index is 9.98. The average molecular weight is 237 g/mol. The van der Waals surface area contributed by atoms with Crippen LogP contribution in [0, 0.1) is 12.3 Å². The summed E-state index contributed by atoms with van der Waals surface area (Å²) < 4.78 is 5.27. The van der Waals surface area contributed by atoms with E-state index in [0.717, 1.165) is 11.4 Å². The summed E-state index contributed by atoms with van der Waals surface area (Å²) in [6.07, 6.45) is -0.396. The van der Waals surface area contributed by atoms with Crippen LogP contribution in [0.1, 0.15) is 26.3 Å². The first-order valence-corrected chi connectivity index (χ1v) is 5.91. The number of nitrogens with one attached hydrogen (secondary N) is 1. The summed E-state index contributed by atoms with van der Waals surface area (Å²) in [5, 5.41) is 13.2. The minimum atomic E-state index is -0.396. The average Bonchev–Trinajstić information content (AvgIpc) is 2.24. The third-order valence-corrected chi connectivity index (χ3v) is 2.84. The summed E-state index contributed by atoms with van der Waals surface area (Å²) in [6, 6.07) is 5.96. The second kappa shape index (κ2) is 5.41. The van der Waals surface area contributed by atoms with Gasteiger partial charge < -0.3 is 15.2 Å². The van der Waals surface area contributed by atoms with Crippen LogP contribution in [0.2, 0.25) is 0 Å². The van der Waals surface area contributed by atoms with E-state index >= 15 is 0 Å². The largest absolute Gasteiger partial charge is 0.495 e. The zero-order valence-corrected chi connectivity index (χ0v) is 11.4. The highest BCUT2D eigenvalue weighted by molar-refractivity contribution is 5.58. The van der Waals surface area contributed by atoms with Crippen molar-refractivity contribution in [3.8, 4) is 5.75 Å². The van der Waals surface area contributed by atoms with E-state index in [1.54, 1.807) is 7.11 Å². The summed E-state index contributed by atoms with van der Waals surface area (Å²) in [7, 11) is 1.65. The molecule has 0 saturated carbocycles. The summed E-state index contributed by atoms with van der Waals surface area (Å²) in [4.78, 5) is 0. The van der Waals surface area contributed by atoms with Crippen LogP contribution in [0.15, 0.2) is 18.2 Å². The summed E-state index contributed by atoms with van der Waals surface area (Å²) >= 11 is 0. The molecule has 1 unspecified atom stereocenters. The van der Waals surface area contributed by atoms with Gasteiger partial charge in [-0.1, -0.05) is 26.8 Å². The lowest BCUT2D eigenvalue weighted by atomic mass is 9.89. The number of hydrogen-bond acceptors (Lipinski definition) is 3. The molecule has 2 N–H and O–H groups in total. The lowest BCUT2D eigenvalue weighted by Crippen LogP contribution is -2.32. The van der Waals surface area contributed by atoms with E-state index < -0.39 is 6.10 Å². The molecule has 0 fully saturated rings. The molecule has 0 bridgehead atoms. The fraction of sp³-hybridized carbons (Fsp3) is 0.571. The van der Waals surface area contributed by atoms with E-state index in [1.165, 1.54) is 5.56 Å². The quantitative estimate of drug-likeness (QED) is 0.846. The molecule has 0 aliphatic heterocycles. The molecular weight excluding hydrogens is 214 g/mol. The van der Waals surface area contributed by atoms with Gasteiger partial charge in [0.2, 0.25) is 0 Å². The molecule has 0 spiro atoms. The number of ether oxygens (including phenoxy) is 1. The summed E-state index contributed by atoms with van der Waals surface area (Å²) in [6.45, 7) is 8.61. The first-order chi connectivity index (χ1) is 7.84. The summed E-state index contributed by atoms with van der Waals surface area (Å²) in [5.74, 6) is 0.803. The van der Waals surface area contributed by atoms with Gasteiger partial charge in [0.1, 0.15) is 5.75 Å². The minimum absolute atomic E-state index is 0.121. The molecule has 0 amide bonds. The molecule has 0 saturated heterocycles. The Balaban J connectivity index is 2.72.